The molecule has 10 nitrogen and oxygen atoms in total. The molecular formula is C17H22N6O4S. The first-order chi connectivity index (χ1) is 13.5. The Balaban J connectivity index is 2.07. The van der Waals surface area contributed by atoms with Gasteiger partial charge in [0.05, 0.1) is 17.7 Å². The van der Waals surface area contributed by atoms with Crippen molar-refractivity contribution in [2.24, 2.45) is 0 Å². The second-order valence-electron chi connectivity index (χ2n) is 5.61. The zero-order valence-corrected chi connectivity index (χ0v) is 16.2. The van der Waals surface area contributed by atoms with E-state index in [1.54, 1.807) is 19.2 Å². The molecule has 1 aromatic heterocycles. The molecule has 0 saturated heterocycles. The summed E-state index contributed by atoms with van der Waals surface area (Å²) in [6.45, 7) is 0.909. The lowest BCUT2D eigenvalue weighted by atomic mass is 10.3. The number of hydrogen-bond donors (Lipinski definition) is 4. The number of rotatable bonds is 11. The highest BCUT2D eigenvalue weighted by Crippen LogP contribution is 2.19. The van der Waals surface area contributed by atoms with Gasteiger partial charge < -0.3 is 20.5 Å². The number of aromatic nitrogens is 2. The van der Waals surface area contributed by atoms with E-state index in [-0.39, 0.29) is 29.6 Å². The summed E-state index contributed by atoms with van der Waals surface area (Å²) in [6.07, 6.45) is 1.94. The van der Waals surface area contributed by atoms with Crippen LogP contribution in [0.2, 0.25) is 0 Å². The molecule has 0 unspecified atom stereocenters. The Hall–Kier alpha value is -2.78. The Kier molecular flexibility index (Phi) is 8.09. The molecule has 0 bridgehead atoms. The fourth-order valence-corrected chi connectivity index (χ4v) is 3.26. The van der Waals surface area contributed by atoms with Gasteiger partial charge in [0.1, 0.15) is 17.5 Å². The molecule has 0 aliphatic heterocycles. The zero-order valence-electron chi connectivity index (χ0n) is 15.3. The monoisotopic (exact) mass is 406 g/mol. The Labute approximate surface area is 163 Å². The number of nitrogens with one attached hydrogen (secondary N) is 3. The van der Waals surface area contributed by atoms with Crippen molar-refractivity contribution in [2.75, 3.05) is 44.0 Å². The maximum absolute atomic E-state index is 12.2. The summed E-state index contributed by atoms with van der Waals surface area (Å²) in [5.74, 6) is 0.529. The standard InChI is InChI=1S/C17H22N6O4S/c1-27-10-2-7-21-28(25,26)15-5-3-14(4-6-15)22-17-20-12-13(11-18)16(23-17)19-8-9-24/h3-6,12,21,24H,2,7-10H2,1H3,(H2,19,20,22,23). The molecule has 1 aromatic carbocycles. The van der Waals surface area contributed by atoms with Crippen LogP contribution in [0.25, 0.3) is 0 Å². The van der Waals surface area contributed by atoms with Crippen LogP contribution >= 0.6 is 0 Å². The Morgan fingerprint density at radius 2 is 2.00 bits per heavy atom. The van der Waals surface area contributed by atoms with Gasteiger partial charge in [-0.25, -0.2) is 18.1 Å². The third-order valence-corrected chi connectivity index (χ3v) is 5.03. The quantitative estimate of drug-likeness (QED) is 0.398. The largest absolute Gasteiger partial charge is 0.395 e. The number of anilines is 3. The minimum absolute atomic E-state index is 0.104. The van der Waals surface area contributed by atoms with E-state index >= 15 is 0 Å². The van der Waals surface area contributed by atoms with Gasteiger partial charge >= 0.3 is 0 Å². The molecule has 11 heteroatoms. The number of nitrogens with zero attached hydrogens (tertiary/aromatic N) is 3. The molecular weight excluding hydrogens is 384 g/mol. The average Bonchev–Trinajstić information content (AvgIpc) is 2.70. The minimum Gasteiger partial charge on any atom is -0.395 e. The lowest BCUT2D eigenvalue weighted by Gasteiger charge is -2.10. The first-order valence-corrected chi connectivity index (χ1v) is 9.96. The smallest absolute Gasteiger partial charge is 0.240 e. The number of aliphatic hydroxyl groups excluding tert-OH is 1. The van der Waals surface area contributed by atoms with Crippen molar-refractivity contribution in [3.63, 3.8) is 0 Å². The summed E-state index contributed by atoms with van der Waals surface area (Å²) in [6, 6.07) is 8.08. The molecule has 2 aromatic rings. The van der Waals surface area contributed by atoms with E-state index in [2.05, 4.69) is 25.3 Å². The Morgan fingerprint density at radius 1 is 1.25 bits per heavy atom. The Morgan fingerprint density at radius 3 is 2.64 bits per heavy atom. The topological polar surface area (TPSA) is 149 Å². The van der Waals surface area contributed by atoms with Crippen molar-refractivity contribution in [2.45, 2.75) is 11.3 Å². The van der Waals surface area contributed by atoms with E-state index in [0.717, 1.165) is 0 Å². The molecule has 150 valence electrons. The predicted octanol–water partition coefficient (Wildman–Crippen LogP) is 0.811. The van der Waals surface area contributed by atoms with E-state index in [1.165, 1.54) is 18.3 Å². The molecule has 0 atom stereocenters. The SMILES string of the molecule is COCCCNS(=O)(=O)c1ccc(Nc2ncc(C#N)c(NCCO)n2)cc1. The number of hydrogen-bond acceptors (Lipinski definition) is 9. The van der Waals surface area contributed by atoms with E-state index in [1.807, 2.05) is 6.07 Å². The van der Waals surface area contributed by atoms with Crippen molar-refractivity contribution in [1.82, 2.24) is 14.7 Å². The van der Waals surface area contributed by atoms with Gasteiger partial charge in [0.2, 0.25) is 16.0 Å². The second kappa shape index (κ2) is 10.5. The highest BCUT2D eigenvalue weighted by atomic mass is 32.2. The van der Waals surface area contributed by atoms with E-state index in [9.17, 15) is 8.42 Å². The van der Waals surface area contributed by atoms with Crippen LogP contribution in [-0.4, -0.2) is 56.9 Å². The van der Waals surface area contributed by atoms with Crippen molar-refractivity contribution >= 4 is 27.5 Å². The number of benzene rings is 1. The second-order valence-corrected chi connectivity index (χ2v) is 7.38. The van der Waals surface area contributed by atoms with Crippen molar-refractivity contribution in [3.8, 4) is 6.07 Å². The number of nitriles is 1. The maximum Gasteiger partial charge on any atom is 0.240 e. The average molecular weight is 406 g/mol. The van der Waals surface area contributed by atoms with E-state index in [0.29, 0.717) is 31.1 Å². The summed E-state index contributed by atoms with van der Waals surface area (Å²) in [4.78, 5) is 8.39. The normalized spacial score (nSPS) is 11.0. The third kappa shape index (κ3) is 6.14. The van der Waals surface area contributed by atoms with E-state index < -0.39 is 10.0 Å². The van der Waals surface area contributed by atoms with Crippen molar-refractivity contribution in [3.05, 3.63) is 36.0 Å². The summed E-state index contributed by atoms with van der Waals surface area (Å²) >= 11 is 0. The molecule has 0 aliphatic carbocycles. The van der Waals surface area contributed by atoms with Crippen LogP contribution in [0.15, 0.2) is 35.4 Å². The highest BCUT2D eigenvalue weighted by Gasteiger charge is 2.13. The number of sulfonamides is 1. The lowest BCUT2D eigenvalue weighted by Crippen LogP contribution is -2.25. The summed E-state index contributed by atoms with van der Waals surface area (Å²) in [5, 5.41) is 23.8. The number of ether oxygens (including phenoxy) is 1. The molecule has 1 heterocycles. The summed E-state index contributed by atoms with van der Waals surface area (Å²) in [5.41, 5.74) is 0.830. The van der Waals surface area contributed by atoms with Crippen LogP contribution in [0.3, 0.4) is 0 Å². The van der Waals surface area contributed by atoms with Gasteiger partial charge in [-0.3, -0.25) is 0 Å². The van der Waals surface area contributed by atoms with Crippen LogP contribution in [0, 0.1) is 11.3 Å². The molecule has 2 rings (SSSR count). The molecule has 4 N–H and O–H groups in total. The Bertz CT molecular complexity index is 912. The first-order valence-electron chi connectivity index (χ1n) is 8.47. The summed E-state index contributed by atoms with van der Waals surface area (Å²) in [7, 11) is -2.03. The fraction of sp³-hybridized carbons (Fsp3) is 0.353. The number of methoxy groups -OCH3 is 1. The molecule has 28 heavy (non-hydrogen) atoms. The minimum atomic E-state index is -3.59. The number of aliphatic hydroxyl groups is 1. The van der Waals surface area contributed by atoms with Crippen LogP contribution < -0.4 is 15.4 Å². The van der Waals surface area contributed by atoms with E-state index in [4.69, 9.17) is 15.1 Å². The third-order valence-electron chi connectivity index (χ3n) is 3.55. The van der Waals surface area contributed by atoms with Gasteiger partial charge in [-0.05, 0) is 30.7 Å². The predicted molar refractivity (Wildman–Crippen MR) is 104 cm³/mol. The first kappa shape index (κ1) is 21.5. The lowest BCUT2D eigenvalue weighted by molar-refractivity contribution is 0.196. The van der Waals surface area contributed by atoms with Gasteiger partial charge in [0, 0.05) is 32.5 Å². The van der Waals surface area contributed by atoms with Crippen LogP contribution in [0.1, 0.15) is 12.0 Å². The summed E-state index contributed by atoms with van der Waals surface area (Å²) < 4.78 is 31.8. The van der Waals surface area contributed by atoms with Crippen LogP contribution in [0.5, 0.6) is 0 Å². The van der Waals surface area contributed by atoms with Gasteiger partial charge in [-0.2, -0.15) is 10.2 Å². The van der Waals surface area contributed by atoms with Gasteiger partial charge in [-0.15, -0.1) is 0 Å². The van der Waals surface area contributed by atoms with Gasteiger partial charge in [-0.1, -0.05) is 0 Å². The molecule has 0 spiro atoms. The maximum atomic E-state index is 12.2. The van der Waals surface area contributed by atoms with Crippen molar-refractivity contribution < 1.29 is 18.3 Å². The molecule has 0 radical (unpaired) electrons. The molecule has 0 fully saturated rings. The van der Waals surface area contributed by atoms with Gasteiger partial charge in [0.25, 0.3) is 0 Å². The van der Waals surface area contributed by atoms with Crippen LogP contribution in [-0.2, 0) is 14.8 Å². The van der Waals surface area contributed by atoms with Crippen molar-refractivity contribution in [1.29, 1.82) is 5.26 Å². The molecule has 0 saturated carbocycles. The molecule has 0 aliphatic rings. The van der Waals surface area contributed by atoms with Crippen LogP contribution in [0.4, 0.5) is 17.5 Å². The zero-order chi connectivity index (χ0) is 20.4. The fourth-order valence-electron chi connectivity index (χ4n) is 2.19. The molecule has 0 amide bonds. The highest BCUT2D eigenvalue weighted by molar-refractivity contribution is 7.89. The van der Waals surface area contributed by atoms with Gasteiger partial charge in [0.15, 0.2) is 0 Å².